The maximum atomic E-state index is 13.0. The Kier molecular flexibility index (Phi) is 8.16. The lowest BCUT2D eigenvalue weighted by Crippen LogP contribution is -2.15. The number of carbonyl (C=O) groups is 2. The summed E-state index contributed by atoms with van der Waals surface area (Å²) >= 11 is 18.6. The summed E-state index contributed by atoms with van der Waals surface area (Å²) in [7, 11) is 3.65. The van der Waals surface area contributed by atoms with E-state index < -0.39 is 11.8 Å². The molecule has 2 aromatic rings. The highest BCUT2D eigenvalue weighted by Gasteiger charge is 2.21. The fourth-order valence-corrected chi connectivity index (χ4v) is 3.26. The topological polar surface area (TPSA) is 76.1 Å². The first-order chi connectivity index (χ1) is 13.6. The lowest BCUT2D eigenvalue weighted by Gasteiger charge is -2.15. The molecule has 156 valence electrons. The third kappa shape index (κ3) is 5.76. The Morgan fingerprint density at radius 1 is 1.10 bits per heavy atom. The molecule has 29 heavy (non-hydrogen) atoms. The van der Waals surface area contributed by atoms with Gasteiger partial charge in [0.05, 0.1) is 16.7 Å². The lowest BCUT2D eigenvalue weighted by atomic mass is 10.00. The number of aromatic hydroxyl groups is 1. The van der Waals surface area contributed by atoms with Gasteiger partial charge in [0.25, 0.3) is 0 Å². The van der Waals surface area contributed by atoms with Crippen molar-refractivity contribution in [3.05, 3.63) is 56.0 Å². The number of hydrogen-bond acceptors (Lipinski definition) is 6. The molecular formula is C20H20Cl3NO5. The van der Waals surface area contributed by atoms with E-state index >= 15 is 0 Å². The highest BCUT2D eigenvalue weighted by molar-refractivity contribution is 6.45. The average molecular weight is 461 g/mol. The van der Waals surface area contributed by atoms with E-state index in [-0.39, 0.29) is 50.9 Å². The monoisotopic (exact) mass is 459 g/mol. The van der Waals surface area contributed by atoms with E-state index in [1.165, 1.54) is 18.2 Å². The zero-order chi connectivity index (χ0) is 21.7. The van der Waals surface area contributed by atoms with Crippen molar-refractivity contribution >= 4 is 46.6 Å². The predicted molar refractivity (Wildman–Crippen MR) is 113 cm³/mol. The van der Waals surface area contributed by atoms with E-state index in [1.54, 1.807) is 13.0 Å². The first-order valence-corrected chi connectivity index (χ1v) is 9.76. The number of halogens is 3. The Hall–Kier alpha value is -1.99. The molecule has 0 amide bonds. The van der Waals surface area contributed by atoms with Crippen LogP contribution in [0.1, 0.15) is 28.4 Å². The molecule has 0 saturated heterocycles. The van der Waals surface area contributed by atoms with Gasteiger partial charge in [0.15, 0.2) is 12.4 Å². The number of phenolic OH excluding ortho intramolecular Hbond substituents is 1. The van der Waals surface area contributed by atoms with Gasteiger partial charge in [0.1, 0.15) is 16.5 Å². The normalized spacial score (nSPS) is 10.9. The Morgan fingerprint density at radius 3 is 2.41 bits per heavy atom. The molecule has 0 radical (unpaired) electrons. The van der Waals surface area contributed by atoms with Gasteiger partial charge in [-0.1, -0.05) is 34.8 Å². The van der Waals surface area contributed by atoms with Crippen LogP contribution < -0.4 is 4.74 Å². The Labute approximate surface area is 183 Å². The highest BCUT2D eigenvalue weighted by atomic mass is 35.5. The Balaban J connectivity index is 2.33. The van der Waals surface area contributed by atoms with Crippen LogP contribution in [0.3, 0.4) is 0 Å². The molecular weight excluding hydrogens is 441 g/mol. The highest BCUT2D eigenvalue weighted by Crippen LogP contribution is 2.37. The minimum absolute atomic E-state index is 0.000190. The molecule has 0 spiro atoms. The molecule has 0 unspecified atom stereocenters. The Bertz CT molecular complexity index is 931. The molecule has 0 aliphatic heterocycles. The molecule has 0 bridgehead atoms. The smallest absolute Gasteiger partial charge is 0.344 e. The molecule has 0 fully saturated rings. The molecule has 6 nitrogen and oxygen atoms in total. The maximum absolute atomic E-state index is 13.0. The largest absolute Gasteiger partial charge is 0.506 e. The Morgan fingerprint density at radius 2 is 1.79 bits per heavy atom. The van der Waals surface area contributed by atoms with Gasteiger partial charge in [-0.25, -0.2) is 4.79 Å². The van der Waals surface area contributed by atoms with Crippen LogP contribution in [0.4, 0.5) is 0 Å². The van der Waals surface area contributed by atoms with Crippen molar-refractivity contribution in [3.8, 4) is 11.5 Å². The molecule has 0 aliphatic rings. The second-order valence-electron chi connectivity index (χ2n) is 6.37. The summed E-state index contributed by atoms with van der Waals surface area (Å²) in [4.78, 5) is 26.2. The summed E-state index contributed by atoms with van der Waals surface area (Å²) < 4.78 is 10.1. The number of ether oxygens (including phenoxy) is 2. The first-order valence-electron chi connectivity index (χ1n) is 8.62. The van der Waals surface area contributed by atoms with Gasteiger partial charge in [-0.3, -0.25) is 4.79 Å². The molecule has 0 heterocycles. The number of rotatable bonds is 8. The van der Waals surface area contributed by atoms with Gasteiger partial charge < -0.3 is 19.5 Å². The molecule has 2 rings (SSSR count). The van der Waals surface area contributed by atoms with Crippen LogP contribution >= 0.6 is 34.8 Å². The van der Waals surface area contributed by atoms with Crippen molar-refractivity contribution in [1.29, 1.82) is 0 Å². The summed E-state index contributed by atoms with van der Waals surface area (Å²) in [5.74, 6) is -0.898. The van der Waals surface area contributed by atoms with Crippen LogP contribution in [-0.2, 0) is 16.1 Å². The van der Waals surface area contributed by atoms with Crippen LogP contribution in [0, 0.1) is 0 Å². The number of hydrogen-bond donors (Lipinski definition) is 1. The molecule has 0 aromatic heterocycles. The zero-order valence-corrected chi connectivity index (χ0v) is 18.4. The molecule has 1 N–H and O–H groups in total. The van der Waals surface area contributed by atoms with Crippen molar-refractivity contribution in [3.63, 3.8) is 0 Å². The van der Waals surface area contributed by atoms with Gasteiger partial charge in [-0.15, -0.1) is 0 Å². The molecule has 0 atom stereocenters. The van der Waals surface area contributed by atoms with Crippen molar-refractivity contribution in [2.24, 2.45) is 0 Å². The number of benzene rings is 2. The van der Waals surface area contributed by atoms with Gasteiger partial charge in [0.2, 0.25) is 0 Å². The maximum Gasteiger partial charge on any atom is 0.344 e. The third-order valence-electron chi connectivity index (χ3n) is 3.83. The fraction of sp³-hybridized carbons (Fsp3) is 0.300. The van der Waals surface area contributed by atoms with Gasteiger partial charge in [-0.2, -0.15) is 0 Å². The standard InChI is InChI=1S/C20H20Cl3NO5/c1-4-28-16(25)10-29-15-6-5-13(17(22)18(15)23)19(26)11-7-12(9-24(2)3)20(27)14(21)8-11/h5-8,27H,4,9-10H2,1-3H3. The average Bonchev–Trinajstić information content (AvgIpc) is 2.65. The van der Waals surface area contributed by atoms with Crippen molar-refractivity contribution < 1.29 is 24.2 Å². The predicted octanol–water partition coefficient (Wildman–Crippen LogP) is 4.59. The van der Waals surface area contributed by atoms with Crippen LogP contribution in [0.25, 0.3) is 0 Å². The van der Waals surface area contributed by atoms with Crippen molar-refractivity contribution in [2.45, 2.75) is 13.5 Å². The number of ketones is 1. The molecule has 9 heteroatoms. The van der Waals surface area contributed by atoms with E-state index in [2.05, 4.69) is 0 Å². The van der Waals surface area contributed by atoms with E-state index in [1.807, 2.05) is 19.0 Å². The molecule has 0 aliphatic carbocycles. The zero-order valence-electron chi connectivity index (χ0n) is 16.1. The lowest BCUT2D eigenvalue weighted by molar-refractivity contribution is -0.145. The number of nitrogens with zero attached hydrogens (tertiary/aromatic N) is 1. The van der Waals surface area contributed by atoms with Crippen LogP contribution in [0.5, 0.6) is 11.5 Å². The van der Waals surface area contributed by atoms with E-state index in [9.17, 15) is 14.7 Å². The number of esters is 1. The molecule has 0 saturated carbocycles. The van der Waals surface area contributed by atoms with E-state index in [0.717, 1.165) is 0 Å². The first kappa shape index (κ1) is 23.3. The van der Waals surface area contributed by atoms with Gasteiger partial charge in [-0.05, 0) is 45.3 Å². The summed E-state index contributed by atoms with van der Waals surface area (Å²) in [5, 5.41) is 10.2. The SMILES string of the molecule is CCOC(=O)COc1ccc(C(=O)c2cc(Cl)c(O)c(CN(C)C)c2)c(Cl)c1Cl. The summed E-state index contributed by atoms with van der Waals surface area (Å²) in [6.45, 7) is 1.97. The summed E-state index contributed by atoms with van der Waals surface area (Å²) in [5.41, 5.74) is 0.892. The number of carbonyl (C=O) groups excluding carboxylic acids is 2. The van der Waals surface area contributed by atoms with Gasteiger partial charge >= 0.3 is 5.97 Å². The molecule has 2 aromatic carbocycles. The van der Waals surface area contributed by atoms with Crippen LogP contribution in [-0.4, -0.2) is 49.1 Å². The second-order valence-corrected chi connectivity index (χ2v) is 7.53. The minimum Gasteiger partial charge on any atom is -0.506 e. The van der Waals surface area contributed by atoms with E-state index in [0.29, 0.717) is 12.1 Å². The minimum atomic E-state index is -0.549. The van der Waals surface area contributed by atoms with Crippen LogP contribution in [0.2, 0.25) is 15.1 Å². The quantitative estimate of drug-likeness (QED) is 0.459. The number of phenols is 1. The third-order valence-corrected chi connectivity index (χ3v) is 4.99. The van der Waals surface area contributed by atoms with Gasteiger partial charge in [0, 0.05) is 23.2 Å². The fourth-order valence-electron chi connectivity index (χ4n) is 2.56. The van der Waals surface area contributed by atoms with Crippen molar-refractivity contribution in [2.75, 3.05) is 27.3 Å². The second kappa shape index (κ2) is 10.2. The summed E-state index contributed by atoms with van der Waals surface area (Å²) in [6.07, 6.45) is 0. The van der Waals surface area contributed by atoms with Crippen molar-refractivity contribution in [1.82, 2.24) is 4.90 Å². The van der Waals surface area contributed by atoms with Crippen LogP contribution in [0.15, 0.2) is 24.3 Å². The van der Waals surface area contributed by atoms with E-state index in [4.69, 9.17) is 44.3 Å². The summed E-state index contributed by atoms with van der Waals surface area (Å²) in [6, 6.07) is 5.82.